The van der Waals surface area contributed by atoms with E-state index in [1.807, 2.05) is 36.5 Å². The van der Waals surface area contributed by atoms with Gasteiger partial charge in [-0.15, -0.1) is 0 Å². The van der Waals surface area contributed by atoms with Crippen LogP contribution in [-0.4, -0.2) is 30.3 Å². The van der Waals surface area contributed by atoms with E-state index in [0.29, 0.717) is 5.56 Å². The van der Waals surface area contributed by atoms with Crippen LogP contribution in [0.3, 0.4) is 0 Å². The molecule has 2 fully saturated rings. The zero-order valence-corrected chi connectivity index (χ0v) is 13.7. The molecule has 0 spiro atoms. The summed E-state index contributed by atoms with van der Waals surface area (Å²) in [5, 5.41) is 4.77. The number of benzene rings is 1. The fourth-order valence-electron chi connectivity index (χ4n) is 3.86. The van der Waals surface area contributed by atoms with Crippen molar-refractivity contribution in [2.75, 3.05) is 0 Å². The van der Waals surface area contributed by atoms with Crippen LogP contribution in [0.15, 0.2) is 42.7 Å². The molecule has 120 valence electrons. The highest BCUT2D eigenvalue weighted by atomic mass is 32.2. The van der Waals surface area contributed by atoms with E-state index in [1.165, 1.54) is 0 Å². The van der Waals surface area contributed by atoms with E-state index in [-0.39, 0.29) is 22.2 Å². The second kappa shape index (κ2) is 6.04. The summed E-state index contributed by atoms with van der Waals surface area (Å²) >= 11 is 0. The number of hydrogen-bond acceptors (Lipinski definition) is 3. The molecule has 23 heavy (non-hydrogen) atoms. The van der Waals surface area contributed by atoms with E-state index in [4.69, 9.17) is 0 Å². The molecule has 2 unspecified atom stereocenters. The Morgan fingerprint density at radius 3 is 2.52 bits per heavy atom. The third kappa shape index (κ3) is 2.78. The lowest BCUT2D eigenvalue weighted by molar-refractivity contribution is 0.0895. The van der Waals surface area contributed by atoms with Crippen LogP contribution in [-0.2, 0) is 10.8 Å². The minimum atomic E-state index is -0.727. The Balaban J connectivity index is 1.54. The van der Waals surface area contributed by atoms with Gasteiger partial charge in [0.1, 0.15) is 0 Å². The molecule has 2 aliphatic rings. The van der Waals surface area contributed by atoms with Gasteiger partial charge in [-0.05, 0) is 37.8 Å². The maximum atomic E-state index is 12.8. The summed E-state index contributed by atoms with van der Waals surface area (Å²) in [5.41, 5.74) is 1.62. The van der Waals surface area contributed by atoms with Gasteiger partial charge in [-0.2, -0.15) is 5.10 Å². The Morgan fingerprint density at radius 2 is 1.83 bits per heavy atom. The number of hydrogen-bond donors (Lipinski definition) is 0. The van der Waals surface area contributed by atoms with Crippen LogP contribution in [0.4, 0.5) is 0 Å². The molecule has 1 aromatic heterocycles. The third-order valence-electron chi connectivity index (χ3n) is 5.06. The highest BCUT2D eigenvalue weighted by molar-refractivity contribution is 7.86. The topological polar surface area (TPSA) is 52.0 Å². The number of aromatic nitrogens is 2. The molecule has 4 nitrogen and oxygen atoms in total. The zero-order chi connectivity index (χ0) is 15.8. The molecule has 2 saturated heterocycles. The van der Waals surface area contributed by atoms with Crippen LogP contribution in [0.5, 0.6) is 0 Å². The van der Waals surface area contributed by atoms with Crippen molar-refractivity contribution in [3.05, 3.63) is 48.3 Å². The minimum absolute atomic E-state index is 0.0106. The number of carbonyl (C=O) groups excluding carboxylic acids is 1. The quantitative estimate of drug-likeness (QED) is 0.813. The summed E-state index contributed by atoms with van der Waals surface area (Å²) in [6, 6.07) is 9.80. The van der Waals surface area contributed by atoms with Gasteiger partial charge in [-0.1, -0.05) is 24.6 Å². The maximum Gasteiger partial charge on any atom is 0.169 e. The van der Waals surface area contributed by atoms with Crippen molar-refractivity contribution in [1.29, 1.82) is 0 Å². The normalized spacial score (nSPS) is 30.1. The molecule has 3 heterocycles. The fraction of sp³-hybridized carbons (Fsp3) is 0.444. The molecule has 5 heteroatoms. The number of fused-ring (bicyclic) bond motifs is 2. The number of ketones is 1. The summed E-state index contributed by atoms with van der Waals surface area (Å²) in [4.78, 5) is 12.8. The van der Waals surface area contributed by atoms with Crippen molar-refractivity contribution < 1.29 is 9.00 Å². The number of carbonyl (C=O) groups is 1. The highest BCUT2D eigenvalue weighted by Crippen LogP contribution is 2.38. The molecule has 2 aromatic rings. The van der Waals surface area contributed by atoms with Gasteiger partial charge in [-0.25, -0.2) is 4.68 Å². The largest absolute Gasteiger partial charge is 0.294 e. The fourth-order valence-corrected chi connectivity index (χ4v) is 6.04. The smallest absolute Gasteiger partial charge is 0.169 e. The third-order valence-corrected chi connectivity index (χ3v) is 7.23. The molecule has 0 radical (unpaired) electrons. The summed E-state index contributed by atoms with van der Waals surface area (Å²) < 4.78 is 14.0. The second-order valence-electron chi connectivity index (χ2n) is 6.55. The van der Waals surface area contributed by atoms with Crippen LogP contribution in [0, 0.1) is 5.92 Å². The Kier molecular flexibility index (Phi) is 3.89. The number of para-hydroxylation sites is 1. The molecule has 1 aromatic carbocycles. The first-order valence-corrected chi connectivity index (χ1v) is 9.53. The van der Waals surface area contributed by atoms with Gasteiger partial charge in [0.05, 0.1) is 17.4 Å². The Hall–Kier alpha value is -1.75. The zero-order valence-electron chi connectivity index (χ0n) is 12.9. The summed E-state index contributed by atoms with van der Waals surface area (Å²) in [6.07, 6.45) is 8.22. The SMILES string of the molecule is O=C(c1cnn(-c2ccccc2)c1)C1CC2CCCC(C1)S2=O. The predicted octanol–water partition coefficient (Wildman–Crippen LogP) is 3.13. The first-order valence-electron chi connectivity index (χ1n) is 8.26. The van der Waals surface area contributed by atoms with Crippen molar-refractivity contribution in [2.24, 2.45) is 5.92 Å². The van der Waals surface area contributed by atoms with E-state index in [1.54, 1.807) is 10.9 Å². The number of rotatable bonds is 3. The number of nitrogens with zero attached hydrogens (tertiary/aromatic N) is 2. The Morgan fingerprint density at radius 1 is 1.13 bits per heavy atom. The Labute approximate surface area is 138 Å². The molecular formula is C18H20N2O2S. The van der Waals surface area contributed by atoms with Crippen LogP contribution >= 0.6 is 0 Å². The predicted molar refractivity (Wildman–Crippen MR) is 90.2 cm³/mol. The lowest BCUT2D eigenvalue weighted by Gasteiger charge is -2.37. The molecule has 4 rings (SSSR count). The average molecular weight is 328 g/mol. The average Bonchev–Trinajstić information content (AvgIpc) is 3.05. The maximum absolute atomic E-state index is 12.8. The summed E-state index contributed by atoms with van der Waals surface area (Å²) in [5.74, 6) is 0.178. The molecule has 0 saturated carbocycles. The van der Waals surface area contributed by atoms with E-state index in [0.717, 1.165) is 37.8 Å². The summed E-state index contributed by atoms with van der Waals surface area (Å²) in [7, 11) is -0.727. The van der Waals surface area contributed by atoms with Crippen molar-refractivity contribution in [3.63, 3.8) is 0 Å². The lowest BCUT2D eigenvalue weighted by atomic mass is 9.85. The van der Waals surface area contributed by atoms with Crippen LogP contribution in [0.1, 0.15) is 42.5 Å². The first kappa shape index (κ1) is 14.8. The van der Waals surface area contributed by atoms with E-state index < -0.39 is 10.8 Å². The lowest BCUT2D eigenvalue weighted by Crippen LogP contribution is -2.41. The molecule has 0 N–H and O–H groups in total. The van der Waals surface area contributed by atoms with Crippen molar-refractivity contribution in [3.8, 4) is 5.69 Å². The van der Waals surface area contributed by atoms with Crippen molar-refractivity contribution >= 4 is 16.6 Å². The standard InChI is InChI=1S/C18H20N2O2S/c21-18(13-9-16-7-4-8-17(10-13)23(16)22)14-11-19-20(12-14)15-5-2-1-3-6-15/h1-3,5-6,11-13,16-17H,4,7-10H2. The van der Waals surface area contributed by atoms with Gasteiger partial charge in [0.25, 0.3) is 0 Å². The molecule has 2 atom stereocenters. The van der Waals surface area contributed by atoms with Gasteiger partial charge in [0.2, 0.25) is 0 Å². The Bertz CT molecular complexity index is 724. The van der Waals surface area contributed by atoms with Crippen LogP contribution in [0.25, 0.3) is 5.69 Å². The van der Waals surface area contributed by atoms with E-state index >= 15 is 0 Å². The molecule has 2 aliphatic heterocycles. The van der Waals surface area contributed by atoms with Gasteiger partial charge in [0, 0.05) is 33.4 Å². The van der Waals surface area contributed by atoms with Gasteiger partial charge in [0.15, 0.2) is 5.78 Å². The van der Waals surface area contributed by atoms with Crippen LogP contribution in [0.2, 0.25) is 0 Å². The van der Waals surface area contributed by atoms with Crippen molar-refractivity contribution in [1.82, 2.24) is 9.78 Å². The second-order valence-corrected chi connectivity index (χ2v) is 8.54. The van der Waals surface area contributed by atoms with Crippen LogP contribution < -0.4 is 0 Å². The minimum Gasteiger partial charge on any atom is -0.294 e. The molecular weight excluding hydrogens is 308 g/mol. The van der Waals surface area contributed by atoms with E-state index in [9.17, 15) is 9.00 Å². The highest BCUT2D eigenvalue weighted by Gasteiger charge is 2.40. The molecule has 0 amide bonds. The number of Topliss-reactive ketones (excluding diaryl/α,β-unsaturated/α-hetero) is 1. The summed E-state index contributed by atoms with van der Waals surface area (Å²) in [6.45, 7) is 0. The van der Waals surface area contributed by atoms with Crippen molar-refractivity contribution in [2.45, 2.75) is 42.6 Å². The van der Waals surface area contributed by atoms with E-state index in [2.05, 4.69) is 5.10 Å². The monoisotopic (exact) mass is 328 g/mol. The van der Waals surface area contributed by atoms with Gasteiger partial charge in [-0.3, -0.25) is 9.00 Å². The van der Waals surface area contributed by atoms with Gasteiger partial charge < -0.3 is 0 Å². The molecule has 2 bridgehead atoms. The first-order chi connectivity index (χ1) is 11.2. The van der Waals surface area contributed by atoms with Gasteiger partial charge >= 0.3 is 0 Å². The molecule has 0 aliphatic carbocycles.